The summed E-state index contributed by atoms with van der Waals surface area (Å²) in [6, 6.07) is 0. The van der Waals surface area contributed by atoms with E-state index in [0.717, 1.165) is 51.1 Å². The highest BCUT2D eigenvalue weighted by molar-refractivity contribution is 5.47. The molecule has 0 radical (unpaired) electrons. The van der Waals surface area contributed by atoms with Crippen molar-refractivity contribution in [3.63, 3.8) is 0 Å². The van der Waals surface area contributed by atoms with Crippen molar-refractivity contribution >= 4 is 6.41 Å². The largest absolute Gasteiger partial charge is 0.396 e. The van der Waals surface area contributed by atoms with Gasteiger partial charge in [-0.15, -0.1) is 0 Å². The molecule has 82 valence electrons. The molecule has 1 amide bonds. The third-order valence-electron chi connectivity index (χ3n) is 3.35. The molecule has 1 atom stereocenters. The highest BCUT2D eigenvalue weighted by Gasteiger charge is 2.22. The highest BCUT2D eigenvalue weighted by atomic mass is 16.2. The van der Waals surface area contributed by atoms with Crippen LogP contribution in [0, 0.1) is 11.8 Å². The number of amides is 1. The van der Waals surface area contributed by atoms with Gasteiger partial charge < -0.3 is 10.0 Å². The van der Waals surface area contributed by atoms with E-state index in [1.165, 1.54) is 0 Å². The minimum absolute atomic E-state index is 0.303. The molecule has 1 unspecified atom stereocenters. The number of rotatable bonds is 5. The quantitative estimate of drug-likeness (QED) is 0.677. The first-order chi connectivity index (χ1) is 6.77. The van der Waals surface area contributed by atoms with Crippen LogP contribution in [0.1, 0.15) is 32.6 Å². The average molecular weight is 199 g/mol. The third kappa shape index (κ3) is 3.29. The summed E-state index contributed by atoms with van der Waals surface area (Å²) in [4.78, 5) is 12.4. The van der Waals surface area contributed by atoms with Crippen molar-refractivity contribution in [2.45, 2.75) is 32.6 Å². The molecule has 0 spiro atoms. The van der Waals surface area contributed by atoms with E-state index in [2.05, 4.69) is 6.92 Å². The van der Waals surface area contributed by atoms with Crippen molar-refractivity contribution in [3.8, 4) is 0 Å². The van der Waals surface area contributed by atoms with Crippen LogP contribution in [-0.4, -0.2) is 36.1 Å². The molecule has 0 aliphatic carbocycles. The minimum Gasteiger partial charge on any atom is -0.396 e. The number of piperidine rings is 1. The van der Waals surface area contributed by atoms with Crippen LogP contribution in [-0.2, 0) is 4.79 Å². The maximum absolute atomic E-state index is 10.5. The standard InChI is InChI=1S/C11H21NO2/c1-10(3-2-8-13)11-4-6-12(9-14)7-5-11/h9-11,13H,2-8H2,1H3. The summed E-state index contributed by atoms with van der Waals surface area (Å²) < 4.78 is 0. The Balaban J connectivity index is 2.22. The van der Waals surface area contributed by atoms with Gasteiger partial charge in [-0.25, -0.2) is 0 Å². The fraction of sp³-hybridized carbons (Fsp3) is 0.909. The highest BCUT2D eigenvalue weighted by Crippen LogP contribution is 2.27. The summed E-state index contributed by atoms with van der Waals surface area (Å²) in [6.45, 7) is 4.39. The summed E-state index contributed by atoms with van der Waals surface area (Å²) in [6.07, 6.45) is 5.24. The second-order valence-corrected chi connectivity index (χ2v) is 4.32. The van der Waals surface area contributed by atoms with Gasteiger partial charge in [0.15, 0.2) is 0 Å². The first-order valence-corrected chi connectivity index (χ1v) is 5.58. The van der Waals surface area contributed by atoms with Gasteiger partial charge in [0.1, 0.15) is 0 Å². The van der Waals surface area contributed by atoms with Gasteiger partial charge in [-0.3, -0.25) is 4.79 Å². The molecule has 0 bridgehead atoms. The molecule has 1 aliphatic heterocycles. The molecule has 1 aliphatic rings. The Kier molecular flexibility index (Phi) is 4.94. The Morgan fingerprint density at radius 3 is 2.64 bits per heavy atom. The number of hydrogen-bond donors (Lipinski definition) is 1. The van der Waals surface area contributed by atoms with Gasteiger partial charge in [-0.05, 0) is 37.5 Å². The molecule has 3 nitrogen and oxygen atoms in total. The number of carbonyl (C=O) groups excluding carboxylic acids is 1. The molecule has 1 N–H and O–H groups in total. The fourth-order valence-corrected chi connectivity index (χ4v) is 2.24. The predicted molar refractivity (Wildman–Crippen MR) is 55.8 cm³/mol. The lowest BCUT2D eigenvalue weighted by molar-refractivity contribution is -0.119. The van der Waals surface area contributed by atoms with E-state index >= 15 is 0 Å². The van der Waals surface area contributed by atoms with Crippen molar-refractivity contribution in [1.29, 1.82) is 0 Å². The van der Waals surface area contributed by atoms with E-state index in [1.807, 2.05) is 4.90 Å². The van der Waals surface area contributed by atoms with Gasteiger partial charge in [-0.2, -0.15) is 0 Å². The second-order valence-electron chi connectivity index (χ2n) is 4.32. The third-order valence-corrected chi connectivity index (χ3v) is 3.35. The van der Waals surface area contributed by atoms with Crippen LogP contribution in [0.3, 0.4) is 0 Å². The first-order valence-electron chi connectivity index (χ1n) is 5.58. The molecule has 0 aromatic heterocycles. The number of carbonyl (C=O) groups is 1. The van der Waals surface area contributed by atoms with E-state index in [4.69, 9.17) is 5.11 Å². The number of hydrogen-bond acceptors (Lipinski definition) is 2. The molecule has 3 heteroatoms. The van der Waals surface area contributed by atoms with E-state index in [1.54, 1.807) is 0 Å². The van der Waals surface area contributed by atoms with Crippen molar-refractivity contribution in [2.24, 2.45) is 11.8 Å². The van der Waals surface area contributed by atoms with Crippen LogP contribution in [0.15, 0.2) is 0 Å². The van der Waals surface area contributed by atoms with Gasteiger partial charge in [-0.1, -0.05) is 6.92 Å². The van der Waals surface area contributed by atoms with Crippen molar-refractivity contribution < 1.29 is 9.90 Å². The second kappa shape index (κ2) is 6.02. The van der Waals surface area contributed by atoms with Gasteiger partial charge in [0.05, 0.1) is 0 Å². The summed E-state index contributed by atoms with van der Waals surface area (Å²) in [7, 11) is 0. The zero-order valence-electron chi connectivity index (χ0n) is 8.98. The van der Waals surface area contributed by atoms with E-state index < -0.39 is 0 Å². The molecular weight excluding hydrogens is 178 g/mol. The van der Waals surface area contributed by atoms with Crippen LogP contribution in [0.5, 0.6) is 0 Å². The van der Waals surface area contributed by atoms with Crippen molar-refractivity contribution in [1.82, 2.24) is 4.90 Å². The molecule has 1 saturated heterocycles. The Bertz CT molecular complexity index is 165. The zero-order chi connectivity index (χ0) is 10.4. The number of aliphatic hydroxyl groups is 1. The monoisotopic (exact) mass is 199 g/mol. The van der Waals surface area contributed by atoms with Crippen molar-refractivity contribution in [3.05, 3.63) is 0 Å². The molecule has 0 saturated carbocycles. The lowest BCUT2D eigenvalue weighted by Crippen LogP contribution is -2.34. The summed E-state index contributed by atoms with van der Waals surface area (Å²) in [5.74, 6) is 1.44. The topological polar surface area (TPSA) is 40.5 Å². The lowest BCUT2D eigenvalue weighted by Gasteiger charge is -2.32. The molecule has 0 aromatic carbocycles. The fourth-order valence-electron chi connectivity index (χ4n) is 2.24. The smallest absolute Gasteiger partial charge is 0.209 e. The Hall–Kier alpha value is -0.570. The van der Waals surface area contributed by atoms with Gasteiger partial charge in [0, 0.05) is 19.7 Å². The first kappa shape index (κ1) is 11.5. The SMILES string of the molecule is CC(CCCO)C1CCN(C=O)CC1. The maximum atomic E-state index is 10.5. The van der Waals surface area contributed by atoms with Crippen LogP contribution < -0.4 is 0 Å². The van der Waals surface area contributed by atoms with Gasteiger partial charge >= 0.3 is 0 Å². The van der Waals surface area contributed by atoms with E-state index in [9.17, 15) is 4.79 Å². The van der Waals surface area contributed by atoms with E-state index in [-0.39, 0.29) is 0 Å². The molecule has 1 heterocycles. The average Bonchev–Trinajstić information content (AvgIpc) is 2.26. The lowest BCUT2D eigenvalue weighted by atomic mass is 9.83. The van der Waals surface area contributed by atoms with Crippen molar-refractivity contribution in [2.75, 3.05) is 19.7 Å². The van der Waals surface area contributed by atoms with Gasteiger partial charge in [0.25, 0.3) is 0 Å². The summed E-state index contributed by atoms with van der Waals surface area (Å²) >= 11 is 0. The molecule has 14 heavy (non-hydrogen) atoms. The predicted octanol–water partition coefficient (Wildman–Crippen LogP) is 1.26. The van der Waals surface area contributed by atoms with Crippen LogP contribution in [0.4, 0.5) is 0 Å². The van der Waals surface area contributed by atoms with Crippen LogP contribution in [0.2, 0.25) is 0 Å². The van der Waals surface area contributed by atoms with Crippen LogP contribution >= 0.6 is 0 Å². The molecule has 1 rings (SSSR count). The Morgan fingerprint density at radius 1 is 1.50 bits per heavy atom. The summed E-state index contributed by atoms with van der Waals surface area (Å²) in [5.41, 5.74) is 0. The number of likely N-dealkylation sites (tertiary alicyclic amines) is 1. The maximum Gasteiger partial charge on any atom is 0.209 e. The Labute approximate surface area is 86.1 Å². The Morgan fingerprint density at radius 2 is 2.14 bits per heavy atom. The zero-order valence-corrected chi connectivity index (χ0v) is 8.98. The summed E-state index contributed by atoms with van der Waals surface area (Å²) in [5, 5.41) is 8.74. The normalized spacial score (nSPS) is 20.9. The van der Waals surface area contributed by atoms with Gasteiger partial charge in [0.2, 0.25) is 6.41 Å². The van der Waals surface area contributed by atoms with E-state index in [0.29, 0.717) is 12.5 Å². The molecule has 1 fully saturated rings. The number of nitrogens with zero attached hydrogens (tertiary/aromatic N) is 1. The molecule has 0 aromatic rings. The minimum atomic E-state index is 0.303. The molecular formula is C11H21NO2. The van der Waals surface area contributed by atoms with Crippen LogP contribution in [0.25, 0.3) is 0 Å². The number of aliphatic hydroxyl groups excluding tert-OH is 1.